The first kappa shape index (κ1) is 16.8. The van der Waals surface area contributed by atoms with Gasteiger partial charge >= 0.3 is 5.91 Å². The first-order chi connectivity index (χ1) is 11.3. The Labute approximate surface area is 150 Å². The molecule has 8 heteroatoms. The molecule has 0 saturated heterocycles. The number of anilines is 1. The minimum Gasteiger partial charge on any atom is -0.502 e. The van der Waals surface area contributed by atoms with Crippen molar-refractivity contribution in [3.05, 3.63) is 68.6 Å². The van der Waals surface area contributed by atoms with Crippen molar-refractivity contribution in [2.24, 2.45) is 0 Å². The van der Waals surface area contributed by atoms with Gasteiger partial charge in [-0.25, -0.2) is 9.29 Å². The van der Waals surface area contributed by atoms with Crippen molar-refractivity contribution in [3.8, 4) is 0 Å². The second kappa shape index (κ2) is 6.09. The molecule has 3 rings (SSSR count). The van der Waals surface area contributed by atoms with Gasteiger partial charge in [0, 0.05) is 10.6 Å². The molecular weight excluding hydrogens is 380 g/mol. The fourth-order valence-corrected chi connectivity index (χ4v) is 2.99. The smallest absolute Gasteiger partial charge is 0.301 e. The average Bonchev–Trinajstić information content (AvgIpc) is 2.73. The second-order valence-electron chi connectivity index (χ2n) is 4.89. The van der Waals surface area contributed by atoms with Crippen LogP contribution in [0.5, 0.6) is 0 Å². The van der Waals surface area contributed by atoms with Crippen LogP contribution < -0.4 is 4.90 Å². The zero-order valence-corrected chi connectivity index (χ0v) is 14.0. The topological polar surface area (TPSA) is 57.6 Å². The van der Waals surface area contributed by atoms with Gasteiger partial charge in [0.2, 0.25) is 0 Å². The van der Waals surface area contributed by atoms with E-state index in [9.17, 15) is 19.1 Å². The predicted octanol–water partition coefficient (Wildman–Crippen LogP) is 4.63. The van der Waals surface area contributed by atoms with Crippen LogP contribution in [0, 0.1) is 5.82 Å². The number of halogens is 4. The quantitative estimate of drug-likeness (QED) is 0.766. The van der Waals surface area contributed by atoms with Crippen molar-refractivity contribution in [2.45, 2.75) is 0 Å². The Morgan fingerprint density at radius 1 is 0.917 bits per heavy atom. The van der Waals surface area contributed by atoms with Gasteiger partial charge in [0.15, 0.2) is 5.76 Å². The lowest BCUT2D eigenvalue weighted by atomic mass is 10.1. The molecule has 1 N–H and O–H groups in total. The van der Waals surface area contributed by atoms with E-state index in [-0.39, 0.29) is 26.9 Å². The standard InChI is InChI=1S/C16H7Cl3FNO3/c17-7-1-3-9(10(18)5-7)13-14(22)16(24)21(15(13)23)8-2-4-12(20)11(19)6-8/h1-6,22H. The summed E-state index contributed by atoms with van der Waals surface area (Å²) < 4.78 is 13.3. The highest BCUT2D eigenvalue weighted by Gasteiger charge is 2.41. The maximum absolute atomic E-state index is 13.3. The molecule has 0 radical (unpaired) electrons. The number of amides is 2. The van der Waals surface area contributed by atoms with Crippen LogP contribution in [0.1, 0.15) is 5.56 Å². The van der Waals surface area contributed by atoms with Crippen LogP contribution in [0.3, 0.4) is 0 Å². The lowest BCUT2D eigenvalue weighted by molar-refractivity contribution is -0.121. The molecule has 4 nitrogen and oxygen atoms in total. The average molecular weight is 387 g/mol. The minimum absolute atomic E-state index is 0.0306. The lowest BCUT2D eigenvalue weighted by Crippen LogP contribution is -2.31. The molecule has 2 aromatic carbocycles. The number of hydrogen-bond donors (Lipinski definition) is 1. The highest BCUT2D eigenvalue weighted by atomic mass is 35.5. The highest BCUT2D eigenvalue weighted by molar-refractivity contribution is 6.47. The normalized spacial score (nSPS) is 14.8. The Hall–Kier alpha value is -2.08. The number of rotatable bonds is 2. The summed E-state index contributed by atoms with van der Waals surface area (Å²) >= 11 is 17.5. The number of benzene rings is 2. The molecule has 0 spiro atoms. The fourth-order valence-electron chi connectivity index (χ4n) is 2.31. The van der Waals surface area contributed by atoms with Crippen molar-refractivity contribution in [1.29, 1.82) is 0 Å². The van der Waals surface area contributed by atoms with Gasteiger partial charge in [0.1, 0.15) is 5.82 Å². The summed E-state index contributed by atoms with van der Waals surface area (Å²) in [5.74, 6) is -3.21. The summed E-state index contributed by atoms with van der Waals surface area (Å²) in [5, 5.41) is 10.3. The molecule has 122 valence electrons. The van der Waals surface area contributed by atoms with Gasteiger partial charge in [-0.05, 0) is 30.3 Å². The van der Waals surface area contributed by atoms with Gasteiger partial charge in [0.25, 0.3) is 5.91 Å². The van der Waals surface area contributed by atoms with Gasteiger partial charge < -0.3 is 5.11 Å². The zero-order chi connectivity index (χ0) is 17.6. The first-order valence-electron chi connectivity index (χ1n) is 6.53. The number of nitrogens with zero attached hydrogens (tertiary/aromatic N) is 1. The number of carbonyl (C=O) groups excluding carboxylic acids is 2. The van der Waals surface area contributed by atoms with Crippen LogP contribution in [0.2, 0.25) is 15.1 Å². The van der Waals surface area contributed by atoms with Gasteiger partial charge in [-0.15, -0.1) is 0 Å². The van der Waals surface area contributed by atoms with Crippen molar-refractivity contribution >= 4 is 57.9 Å². The Bertz CT molecular complexity index is 927. The zero-order valence-electron chi connectivity index (χ0n) is 11.7. The van der Waals surface area contributed by atoms with Gasteiger partial charge in [-0.3, -0.25) is 9.59 Å². The number of aliphatic hydroxyl groups excluding tert-OH is 1. The highest BCUT2D eigenvalue weighted by Crippen LogP contribution is 2.36. The monoisotopic (exact) mass is 385 g/mol. The molecular formula is C16H7Cl3FNO3. The lowest BCUT2D eigenvalue weighted by Gasteiger charge is -2.15. The Morgan fingerprint density at radius 2 is 1.62 bits per heavy atom. The SMILES string of the molecule is O=C1C(O)=C(c2ccc(Cl)cc2Cl)C(=O)N1c1ccc(F)c(Cl)c1. The van der Waals surface area contributed by atoms with E-state index >= 15 is 0 Å². The molecule has 0 saturated carbocycles. The second-order valence-corrected chi connectivity index (χ2v) is 6.14. The fraction of sp³-hybridized carbons (Fsp3) is 0. The molecule has 0 fully saturated rings. The third-order valence-electron chi connectivity index (χ3n) is 3.42. The summed E-state index contributed by atoms with van der Waals surface area (Å²) in [6.45, 7) is 0. The predicted molar refractivity (Wildman–Crippen MR) is 89.9 cm³/mol. The van der Waals surface area contributed by atoms with Gasteiger partial charge in [-0.1, -0.05) is 40.9 Å². The van der Waals surface area contributed by atoms with E-state index in [1.807, 2.05) is 0 Å². The molecule has 0 bridgehead atoms. The van der Waals surface area contributed by atoms with Crippen LogP contribution in [0.4, 0.5) is 10.1 Å². The Morgan fingerprint density at radius 3 is 2.25 bits per heavy atom. The number of hydrogen-bond acceptors (Lipinski definition) is 3. The summed E-state index contributed by atoms with van der Waals surface area (Å²) in [4.78, 5) is 25.6. The van der Waals surface area contributed by atoms with Crippen LogP contribution >= 0.6 is 34.8 Å². The van der Waals surface area contributed by atoms with E-state index < -0.39 is 23.4 Å². The van der Waals surface area contributed by atoms with E-state index in [0.29, 0.717) is 9.92 Å². The molecule has 0 unspecified atom stereocenters. The van der Waals surface area contributed by atoms with Crippen molar-refractivity contribution in [3.63, 3.8) is 0 Å². The first-order valence-corrected chi connectivity index (χ1v) is 7.67. The molecule has 1 heterocycles. The summed E-state index contributed by atoms with van der Waals surface area (Å²) in [7, 11) is 0. The van der Waals surface area contributed by atoms with Crippen LogP contribution in [0.15, 0.2) is 42.2 Å². The summed E-state index contributed by atoms with van der Waals surface area (Å²) in [6.07, 6.45) is 0. The van der Waals surface area contributed by atoms with Crippen molar-refractivity contribution in [1.82, 2.24) is 0 Å². The molecule has 1 aliphatic heterocycles. The van der Waals surface area contributed by atoms with Gasteiger partial charge in [-0.2, -0.15) is 0 Å². The summed E-state index contributed by atoms with van der Waals surface area (Å²) in [6, 6.07) is 7.61. The molecule has 2 amide bonds. The number of carbonyl (C=O) groups is 2. The molecule has 24 heavy (non-hydrogen) atoms. The van der Waals surface area contributed by atoms with E-state index in [4.69, 9.17) is 34.8 Å². The Balaban J connectivity index is 2.09. The van der Waals surface area contributed by atoms with Crippen LogP contribution in [0.25, 0.3) is 5.57 Å². The molecule has 0 atom stereocenters. The number of imide groups is 1. The van der Waals surface area contributed by atoms with E-state index in [2.05, 4.69) is 0 Å². The molecule has 0 aromatic heterocycles. The molecule has 0 aliphatic carbocycles. The maximum Gasteiger partial charge on any atom is 0.301 e. The molecule has 2 aromatic rings. The maximum atomic E-state index is 13.3. The van der Waals surface area contributed by atoms with E-state index in [1.165, 1.54) is 24.3 Å². The van der Waals surface area contributed by atoms with E-state index in [1.54, 1.807) is 0 Å². The largest absolute Gasteiger partial charge is 0.502 e. The number of aliphatic hydroxyl groups is 1. The van der Waals surface area contributed by atoms with Crippen LogP contribution in [-0.4, -0.2) is 16.9 Å². The van der Waals surface area contributed by atoms with Crippen LogP contribution in [-0.2, 0) is 9.59 Å². The van der Waals surface area contributed by atoms with Crippen molar-refractivity contribution in [2.75, 3.05) is 4.90 Å². The van der Waals surface area contributed by atoms with E-state index in [0.717, 1.165) is 12.1 Å². The minimum atomic E-state index is -0.955. The third-order valence-corrected chi connectivity index (χ3v) is 4.26. The van der Waals surface area contributed by atoms with Gasteiger partial charge in [0.05, 0.1) is 21.3 Å². The molecule has 1 aliphatic rings. The third kappa shape index (κ3) is 2.65. The Kier molecular flexibility index (Phi) is 4.25. The van der Waals surface area contributed by atoms with Crippen molar-refractivity contribution < 1.29 is 19.1 Å². The summed E-state index contributed by atoms with van der Waals surface area (Å²) in [5.41, 5.74) is -0.0715.